The van der Waals surface area contributed by atoms with Crippen molar-refractivity contribution in [1.29, 1.82) is 0 Å². The molecule has 0 unspecified atom stereocenters. The number of hydrogen-bond acceptors (Lipinski definition) is 4. The molecule has 0 radical (unpaired) electrons. The molecular weight excluding hydrogens is 383 g/mol. The summed E-state index contributed by atoms with van der Waals surface area (Å²) >= 11 is 0. The van der Waals surface area contributed by atoms with E-state index in [2.05, 4.69) is 5.10 Å². The highest BCUT2D eigenvalue weighted by molar-refractivity contribution is 7.89. The Morgan fingerprint density at radius 2 is 1.56 bits per heavy atom. The van der Waals surface area contributed by atoms with E-state index in [1.54, 1.807) is 0 Å². The summed E-state index contributed by atoms with van der Waals surface area (Å²) in [5, 5.41) is 10.9. The lowest BCUT2D eigenvalue weighted by molar-refractivity contribution is -0.140. The summed E-state index contributed by atoms with van der Waals surface area (Å²) in [7, 11) is -2.46. The number of methoxy groups -OCH3 is 1. The predicted molar refractivity (Wildman–Crippen MR) is 92.4 cm³/mol. The molecule has 0 amide bonds. The van der Waals surface area contributed by atoms with Gasteiger partial charge in [0.15, 0.2) is 0 Å². The van der Waals surface area contributed by atoms with E-state index in [0.29, 0.717) is 11.3 Å². The van der Waals surface area contributed by atoms with Gasteiger partial charge in [-0.25, -0.2) is 13.6 Å². The van der Waals surface area contributed by atoms with Crippen LogP contribution in [0, 0.1) is 0 Å². The number of aromatic amines is 1. The molecule has 3 rings (SSSR count). The van der Waals surface area contributed by atoms with E-state index in [9.17, 15) is 21.6 Å². The van der Waals surface area contributed by atoms with Gasteiger partial charge in [-0.05, 0) is 29.8 Å². The van der Waals surface area contributed by atoms with Crippen LogP contribution in [0.1, 0.15) is 5.69 Å². The molecule has 0 atom stereocenters. The van der Waals surface area contributed by atoms with Gasteiger partial charge in [0.05, 0.1) is 12.0 Å². The van der Waals surface area contributed by atoms with Gasteiger partial charge in [0, 0.05) is 11.1 Å². The van der Waals surface area contributed by atoms with Crippen LogP contribution in [-0.4, -0.2) is 25.7 Å². The first-order chi connectivity index (χ1) is 12.6. The zero-order chi connectivity index (χ0) is 19.8. The van der Waals surface area contributed by atoms with Crippen molar-refractivity contribution in [1.82, 2.24) is 10.2 Å². The highest BCUT2D eigenvalue weighted by atomic mass is 32.2. The largest absolute Gasteiger partial charge is 0.497 e. The Morgan fingerprint density at radius 1 is 1.00 bits per heavy atom. The van der Waals surface area contributed by atoms with E-state index in [1.807, 2.05) is 5.10 Å². The maximum Gasteiger partial charge on any atom is 0.433 e. The second-order valence-corrected chi connectivity index (χ2v) is 7.18. The first kappa shape index (κ1) is 18.9. The van der Waals surface area contributed by atoms with E-state index in [-0.39, 0.29) is 21.7 Å². The number of benzene rings is 2. The van der Waals surface area contributed by atoms with E-state index in [4.69, 9.17) is 9.88 Å². The standard InChI is InChI=1S/C17H14F3N3O3S/c1-26-12-6-2-10(3-7-12)14-15(22-23-16(14)17(18,19)20)11-4-8-13(9-5-11)27(21,24)25/h2-9H,1H3,(H,22,23)(H2,21,24,25). The highest BCUT2D eigenvalue weighted by Crippen LogP contribution is 2.41. The molecule has 10 heteroatoms. The van der Waals surface area contributed by atoms with Gasteiger partial charge in [-0.15, -0.1) is 0 Å². The second kappa shape index (κ2) is 6.71. The SMILES string of the molecule is COc1ccc(-c2c(-c3ccc(S(N)(=O)=O)cc3)n[nH]c2C(F)(F)F)cc1. The number of nitrogens with zero attached hydrogens (tertiary/aromatic N) is 1. The smallest absolute Gasteiger partial charge is 0.433 e. The Bertz CT molecular complexity index is 1060. The van der Waals surface area contributed by atoms with E-state index in [1.165, 1.54) is 55.6 Å². The molecule has 6 nitrogen and oxygen atoms in total. The number of halogens is 3. The van der Waals surface area contributed by atoms with Crippen molar-refractivity contribution in [3.63, 3.8) is 0 Å². The van der Waals surface area contributed by atoms with Crippen molar-refractivity contribution >= 4 is 10.0 Å². The highest BCUT2D eigenvalue weighted by Gasteiger charge is 2.38. The van der Waals surface area contributed by atoms with Crippen LogP contribution in [0.3, 0.4) is 0 Å². The fourth-order valence-corrected chi connectivity index (χ4v) is 3.11. The van der Waals surface area contributed by atoms with Crippen LogP contribution in [0.15, 0.2) is 53.4 Å². The van der Waals surface area contributed by atoms with Gasteiger partial charge in [-0.3, -0.25) is 5.10 Å². The summed E-state index contributed by atoms with van der Waals surface area (Å²) in [5.74, 6) is 0.495. The average Bonchev–Trinajstić information content (AvgIpc) is 3.06. The summed E-state index contributed by atoms with van der Waals surface area (Å²) < 4.78 is 68.1. The topological polar surface area (TPSA) is 98.1 Å². The lowest BCUT2D eigenvalue weighted by atomic mass is 9.98. The molecule has 3 aromatic rings. The van der Waals surface area contributed by atoms with Gasteiger partial charge in [0.1, 0.15) is 17.1 Å². The fourth-order valence-electron chi connectivity index (χ4n) is 2.60. The molecule has 1 heterocycles. The number of primary sulfonamides is 1. The third kappa shape index (κ3) is 3.81. The molecule has 0 saturated heterocycles. The van der Waals surface area contributed by atoms with Crippen LogP contribution in [0.4, 0.5) is 13.2 Å². The molecule has 3 N–H and O–H groups in total. The Kier molecular flexibility index (Phi) is 4.70. The Labute approximate surface area is 152 Å². The van der Waals surface area contributed by atoms with Gasteiger partial charge in [0.2, 0.25) is 10.0 Å². The third-order valence-electron chi connectivity index (χ3n) is 3.88. The van der Waals surface area contributed by atoms with Crippen molar-refractivity contribution < 1.29 is 26.3 Å². The number of rotatable bonds is 4. The summed E-state index contributed by atoms with van der Waals surface area (Å²) in [6.07, 6.45) is -4.65. The number of nitrogens with one attached hydrogen (secondary N) is 1. The zero-order valence-corrected chi connectivity index (χ0v) is 14.7. The van der Waals surface area contributed by atoms with Crippen LogP contribution < -0.4 is 9.88 Å². The average molecular weight is 397 g/mol. The van der Waals surface area contributed by atoms with Gasteiger partial charge in [-0.1, -0.05) is 24.3 Å². The number of H-pyrrole nitrogens is 1. The van der Waals surface area contributed by atoms with Crippen LogP contribution in [0.2, 0.25) is 0 Å². The van der Waals surface area contributed by atoms with E-state index < -0.39 is 21.9 Å². The van der Waals surface area contributed by atoms with Crippen LogP contribution >= 0.6 is 0 Å². The molecule has 0 aliphatic heterocycles. The Morgan fingerprint density at radius 3 is 2.04 bits per heavy atom. The van der Waals surface area contributed by atoms with Crippen LogP contribution in [0.5, 0.6) is 5.75 Å². The molecule has 1 aromatic heterocycles. The molecule has 27 heavy (non-hydrogen) atoms. The molecular formula is C17H14F3N3O3S. The summed E-state index contributed by atoms with van der Waals surface area (Å²) in [5.41, 5.74) is -0.525. The van der Waals surface area contributed by atoms with Crippen molar-refractivity contribution in [2.75, 3.05) is 7.11 Å². The number of alkyl halides is 3. The second-order valence-electron chi connectivity index (χ2n) is 5.62. The van der Waals surface area contributed by atoms with Gasteiger partial charge < -0.3 is 4.74 Å². The predicted octanol–water partition coefficient (Wildman–Crippen LogP) is 3.42. The lowest BCUT2D eigenvalue weighted by Crippen LogP contribution is -2.11. The number of hydrogen-bond donors (Lipinski definition) is 2. The van der Waals surface area contributed by atoms with Gasteiger partial charge >= 0.3 is 6.18 Å². The molecule has 2 aromatic carbocycles. The molecule has 0 fully saturated rings. The Hall–Kier alpha value is -2.85. The number of sulfonamides is 1. The van der Waals surface area contributed by atoms with Crippen molar-refractivity contribution in [2.24, 2.45) is 5.14 Å². The monoisotopic (exact) mass is 397 g/mol. The number of aromatic nitrogens is 2. The molecule has 0 aliphatic carbocycles. The van der Waals surface area contributed by atoms with E-state index in [0.717, 1.165) is 0 Å². The first-order valence-corrected chi connectivity index (χ1v) is 9.09. The molecule has 0 spiro atoms. The summed E-state index contributed by atoms with van der Waals surface area (Å²) in [4.78, 5) is -0.149. The Balaban J connectivity index is 2.17. The number of nitrogens with two attached hydrogens (primary N) is 1. The molecule has 0 aliphatic rings. The fraction of sp³-hybridized carbons (Fsp3) is 0.118. The minimum absolute atomic E-state index is 0.0356. The van der Waals surface area contributed by atoms with Gasteiger partial charge in [0.25, 0.3) is 0 Å². The zero-order valence-electron chi connectivity index (χ0n) is 13.9. The summed E-state index contributed by atoms with van der Waals surface area (Å²) in [6.45, 7) is 0. The maximum absolute atomic E-state index is 13.4. The van der Waals surface area contributed by atoms with Crippen LogP contribution in [0.25, 0.3) is 22.4 Å². The third-order valence-corrected chi connectivity index (χ3v) is 4.81. The first-order valence-electron chi connectivity index (χ1n) is 7.54. The minimum atomic E-state index is -4.65. The van der Waals surface area contributed by atoms with Crippen molar-refractivity contribution in [2.45, 2.75) is 11.1 Å². The summed E-state index contributed by atoms with van der Waals surface area (Å²) in [6, 6.07) is 11.2. The maximum atomic E-state index is 13.4. The molecule has 142 valence electrons. The quantitative estimate of drug-likeness (QED) is 0.705. The number of ether oxygens (including phenoxy) is 1. The molecule has 0 saturated carbocycles. The van der Waals surface area contributed by atoms with Crippen molar-refractivity contribution in [3.05, 3.63) is 54.2 Å². The van der Waals surface area contributed by atoms with E-state index >= 15 is 0 Å². The van der Waals surface area contributed by atoms with Crippen LogP contribution in [-0.2, 0) is 16.2 Å². The molecule has 0 bridgehead atoms. The minimum Gasteiger partial charge on any atom is -0.497 e. The lowest BCUT2D eigenvalue weighted by Gasteiger charge is -2.10. The van der Waals surface area contributed by atoms with Crippen molar-refractivity contribution in [3.8, 4) is 28.1 Å². The van der Waals surface area contributed by atoms with Gasteiger partial charge in [-0.2, -0.15) is 18.3 Å². The normalized spacial score (nSPS) is 12.2.